The Balaban J connectivity index is 1.57. The van der Waals surface area contributed by atoms with E-state index in [1.165, 1.54) is 24.0 Å². The van der Waals surface area contributed by atoms with Gasteiger partial charge >= 0.3 is 0 Å². The molecular formula is C21H24N4. The fourth-order valence-electron chi connectivity index (χ4n) is 3.57. The molecule has 0 radical (unpaired) electrons. The van der Waals surface area contributed by atoms with Gasteiger partial charge in [-0.15, -0.1) is 0 Å². The predicted octanol–water partition coefficient (Wildman–Crippen LogP) is 4.37. The standard InChI is InChI=1S/C21H24N4/c1-15-19(21(24-23-15)18-8-4-3-5-9-18)12-17-13-20(22-14-17)16(2)25-10-6-7-11-25/h3-5,8-9,13-14,22H,2,6-7,10-12H2,1H3,(H,23,24). The van der Waals surface area contributed by atoms with Crippen molar-refractivity contribution in [2.24, 2.45) is 0 Å². The van der Waals surface area contributed by atoms with Crippen molar-refractivity contribution in [3.05, 3.63) is 71.7 Å². The van der Waals surface area contributed by atoms with Crippen LogP contribution in [0.15, 0.2) is 49.2 Å². The summed E-state index contributed by atoms with van der Waals surface area (Å²) in [6, 6.07) is 12.6. The summed E-state index contributed by atoms with van der Waals surface area (Å²) in [5, 5.41) is 7.67. The van der Waals surface area contributed by atoms with Crippen LogP contribution in [0.4, 0.5) is 0 Å². The van der Waals surface area contributed by atoms with E-state index in [1.54, 1.807) is 0 Å². The molecule has 4 nitrogen and oxygen atoms in total. The third-order valence-corrected chi connectivity index (χ3v) is 5.04. The minimum atomic E-state index is 0.857. The van der Waals surface area contributed by atoms with E-state index in [0.717, 1.165) is 47.9 Å². The van der Waals surface area contributed by atoms with Crippen LogP contribution in [-0.2, 0) is 6.42 Å². The fourth-order valence-corrected chi connectivity index (χ4v) is 3.57. The molecular weight excluding hydrogens is 308 g/mol. The van der Waals surface area contributed by atoms with Crippen LogP contribution in [0.5, 0.6) is 0 Å². The zero-order valence-corrected chi connectivity index (χ0v) is 14.7. The third kappa shape index (κ3) is 3.12. The van der Waals surface area contributed by atoms with E-state index < -0.39 is 0 Å². The zero-order chi connectivity index (χ0) is 17.2. The largest absolute Gasteiger partial charge is 0.370 e. The first-order valence-electron chi connectivity index (χ1n) is 8.93. The normalized spacial score (nSPS) is 14.2. The summed E-state index contributed by atoms with van der Waals surface area (Å²) in [5.74, 6) is 0. The molecule has 128 valence electrons. The topological polar surface area (TPSA) is 47.7 Å². The maximum atomic E-state index is 4.53. The van der Waals surface area contributed by atoms with Crippen molar-refractivity contribution in [3.63, 3.8) is 0 Å². The minimum absolute atomic E-state index is 0.857. The highest BCUT2D eigenvalue weighted by Gasteiger charge is 2.17. The molecule has 0 saturated carbocycles. The molecule has 0 aliphatic carbocycles. The van der Waals surface area contributed by atoms with Crippen molar-refractivity contribution < 1.29 is 0 Å². The monoisotopic (exact) mass is 332 g/mol. The van der Waals surface area contributed by atoms with Gasteiger partial charge in [0.05, 0.1) is 17.1 Å². The van der Waals surface area contributed by atoms with Crippen LogP contribution in [0.2, 0.25) is 0 Å². The number of benzene rings is 1. The lowest BCUT2D eigenvalue weighted by Crippen LogP contribution is -2.16. The van der Waals surface area contributed by atoms with E-state index in [1.807, 2.05) is 6.07 Å². The van der Waals surface area contributed by atoms with Gasteiger partial charge in [0.15, 0.2) is 0 Å². The Hall–Kier alpha value is -2.75. The number of aryl methyl sites for hydroxylation is 1. The number of hydrogen-bond donors (Lipinski definition) is 2. The highest BCUT2D eigenvalue weighted by atomic mass is 15.2. The van der Waals surface area contributed by atoms with Crippen LogP contribution < -0.4 is 0 Å². The van der Waals surface area contributed by atoms with Gasteiger partial charge in [-0.2, -0.15) is 5.10 Å². The second-order valence-electron chi connectivity index (χ2n) is 6.78. The van der Waals surface area contributed by atoms with Gasteiger partial charge in [0, 0.05) is 42.5 Å². The number of likely N-dealkylation sites (tertiary alicyclic amines) is 1. The van der Waals surface area contributed by atoms with E-state index in [0.29, 0.717) is 0 Å². The van der Waals surface area contributed by atoms with E-state index in [-0.39, 0.29) is 0 Å². The molecule has 0 amide bonds. The first-order valence-corrected chi connectivity index (χ1v) is 8.93. The minimum Gasteiger partial charge on any atom is -0.370 e. The maximum Gasteiger partial charge on any atom is 0.0958 e. The molecule has 4 rings (SSSR count). The van der Waals surface area contributed by atoms with E-state index >= 15 is 0 Å². The maximum absolute atomic E-state index is 4.53. The molecule has 0 spiro atoms. The summed E-state index contributed by atoms with van der Waals surface area (Å²) >= 11 is 0. The van der Waals surface area contributed by atoms with Crippen molar-refractivity contribution in [3.8, 4) is 11.3 Å². The molecule has 1 aliphatic heterocycles. The quantitative estimate of drug-likeness (QED) is 0.729. The SMILES string of the molecule is C=C(c1cc(Cc2c(-c3ccccc3)n[nH]c2C)c[nH]1)N1CCCC1. The van der Waals surface area contributed by atoms with Crippen molar-refractivity contribution in [1.29, 1.82) is 0 Å². The van der Waals surface area contributed by atoms with Crippen LogP contribution >= 0.6 is 0 Å². The average molecular weight is 332 g/mol. The van der Waals surface area contributed by atoms with Crippen LogP contribution in [0.25, 0.3) is 17.0 Å². The number of nitrogens with zero attached hydrogens (tertiary/aromatic N) is 2. The second kappa shape index (κ2) is 6.63. The highest BCUT2D eigenvalue weighted by molar-refractivity contribution is 5.65. The zero-order valence-electron chi connectivity index (χ0n) is 14.7. The summed E-state index contributed by atoms with van der Waals surface area (Å²) in [6.07, 6.45) is 5.48. The Morgan fingerprint density at radius 3 is 2.72 bits per heavy atom. The van der Waals surface area contributed by atoms with Crippen molar-refractivity contribution in [2.45, 2.75) is 26.2 Å². The van der Waals surface area contributed by atoms with Gasteiger partial charge in [-0.25, -0.2) is 0 Å². The summed E-state index contributed by atoms with van der Waals surface area (Å²) < 4.78 is 0. The Morgan fingerprint density at radius 1 is 1.20 bits per heavy atom. The molecule has 2 N–H and O–H groups in total. The smallest absolute Gasteiger partial charge is 0.0958 e. The van der Waals surface area contributed by atoms with Gasteiger partial charge < -0.3 is 9.88 Å². The number of nitrogens with one attached hydrogen (secondary N) is 2. The molecule has 2 aromatic heterocycles. The number of H-pyrrole nitrogens is 2. The number of rotatable bonds is 5. The van der Waals surface area contributed by atoms with Crippen LogP contribution in [0.1, 0.15) is 35.4 Å². The van der Waals surface area contributed by atoms with E-state index in [4.69, 9.17) is 0 Å². The highest BCUT2D eigenvalue weighted by Crippen LogP contribution is 2.27. The van der Waals surface area contributed by atoms with Crippen molar-refractivity contribution in [1.82, 2.24) is 20.1 Å². The van der Waals surface area contributed by atoms with Crippen molar-refractivity contribution >= 4 is 5.70 Å². The Morgan fingerprint density at radius 2 is 1.96 bits per heavy atom. The lowest BCUT2D eigenvalue weighted by Gasteiger charge is -2.18. The van der Waals surface area contributed by atoms with Gasteiger partial charge in [0.25, 0.3) is 0 Å². The molecule has 0 bridgehead atoms. The number of aromatic nitrogens is 3. The first kappa shape index (κ1) is 15.8. The second-order valence-corrected chi connectivity index (χ2v) is 6.78. The summed E-state index contributed by atoms with van der Waals surface area (Å²) in [4.78, 5) is 5.77. The molecule has 1 fully saturated rings. The van der Waals surface area contributed by atoms with Gasteiger partial charge in [-0.1, -0.05) is 36.9 Å². The lowest BCUT2D eigenvalue weighted by molar-refractivity contribution is 0.492. The van der Waals surface area contributed by atoms with Crippen LogP contribution in [0, 0.1) is 6.92 Å². The lowest BCUT2D eigenvalue weighted by atomic mass is 10.0. The Labute approximate surface area is 148 Å². The first-order chi connectivity index (χ1) is 12.2. The van der Waals surface area contributed by atoms with Gasteiger partial charge in [-0.05, 0) is 31.4 Å². The molecule has 1 aromatic carbocycles. The molecule has 1 saturated heterocycles. The molecule has 3 aromatic rings. The molecule has 3 heterocycles. The molecule has 0 atom stereocenters. The predicted molar refractivity (Wildman–Crippen MR) is 102 cm³/mol. The van der Waals surface area contributed by atoms with Crippen molar-refractivity contribution in [2.75, 3.05) is 13.1 Å². The van der Waals surface area contributed by atoms with Gasteiger partial charge in [-0.3, -0.25) is 5.10 Å². The van der Waals surface area contributed by atoms with Crippen LogP contribution in [0.3, 0.4) is 0 Å². The molecule has 0 unspecified atom stereocenters. The molecule has 4 heteroatoms. The fraction of sp³-hybridized carbons (Fsp3) is 0.286. The van der Waals surface area contributed by atoms with E-state index in [2.05, 4.69) is 70.1 Å². The summed E-state index contributed by atoms with van der Waals surface area (Å²) in [6.45, 7) is 8.60. The molecule has 1 aliphatic rings. The van der Waals surface area contributed by atoms with Gasteiger partial charge in [0.1, 0.15) is 0 Å². The summed E-state index contributed by atoms with van der Waals surface area (Å²) in [5.41, 5.74) is 8.06. The average Bonchev–Trinajstić information content (AvgIpc) is 3.38. The third-order valence-electron chi connectivity index (χ3n) is 5.04. The summed E-state index contributed by atoms with van der Waals surface area (Å²) in [7, 11) is 0. The number of hydrogen-bond acceptors (Lipinski definition) is 2. The van der Waals surface area contributed by atoms with Crippen LogP contribution in [-0.4, -0.2) is 33.2 Å². The van der Waals surface area contributed by atoms with E-state index in [9.17, 15) is 0 Å². The number of aromatic amines is 2. The van der Waals surface area contributed by atoms with Gasteiger partial charge in [0.2, 0.25) is 0 Å². The Kier molecular flexibility index (Phi) is 4.18. The Bertz CT molecular complexity index is 866. The molecule has 25 heavy (non-hydrogen) atoms.